The quantitative estimate of drug-likeness (QED) is 0.819. The maximum atomic E-state index is 6.17. The number of hydrogen-bond donors (Lipinski definition) is 1. The fraction of sp³-hybridized carbons (Fsp3) is 0.562. The molecular weight excluding hydrogens is 305 g/mol. The van der Waals surface area contributed by atoms with Crippen LogP contribution in [0.15, 0.2) is 23.2 Å². The molecule has 21 heavy (non-hydrogen) atoms. The normalized spacial score (nSPS) is 24.0. The minimum atomic E-state index is 0.197. The van der Waals surface area contributed by atoms with Crippen molar-refractivity contribution in [3.8, 4) is 0 Å². The van der Waals surface area contributed by atoms with Crippen molar-refractivity contribution in [2.45, 2.75) is 50.6 Å². The van der Waals surface area contributed by atoms with Gasteiger partial charge in [0.2, 0.25) is 0 Å². The molecule has 0 radical (unpaired) electrons. The van der Waals surface area contributed by atoms with E-state index >= 15 is 0 Å². The van der Waals surface area contributed by atoms with Crippen molar-refractivity contribution in [3.63, 3.8) is 0 Å². The molecule has 3 nitrogen and oxygen atoms in total. The molecule has 1 heterocycles. The maximum absolute atomic E-state index is 6.17. The van der Waals surface area contributed by atoms with Gasteiger partial charge in [-0.25, -0.2) is 0 Å². The van der Waals surface area contributed by atoms with Crippen molar-refractivity contribution in [2.75, 3.05) is 6.54 Å². The van der Waals surface area contributed by atoms with Gasteiger partial charge in [-0.2, -0.15) is 0 Å². The highest BCUT2D eigenvalue weighted by Crippen LogP contribution is 2.35. The highest BCUT2D eigenvalue weighted by Gasteiger charge is 2.33. The van der Waals surface area contributed by atoms with E-state index in [9.17, 15) is 0 Å². The zero-order valence-corrected chi connectivity index (χ0v) is 13.6. The van der Waals surface area contributed by atoms with Crippen molar-refractivity contribution >= 4 is 29.2 Å². The third-order valence-electron chi connectivity index (χ3n) is 4.57. The lowest BCUT2D eigenvalue weighted by Crippen LogP contribution is -2.43. The van der Waals surface area contributed by atoms with Crippen LogP contribution in [0.2, 0.25) is 10.0 Å². The Hall–Kier alpha value is -0.930. The van der Waals surface area contributed by atoms with Crippen molar-refractivity contribution < 1.29 is 0 Å². The lowest BCUT2D eigenvalue weighted by atomic mass is 10.0. The highest BCUT2D eigenvalue weighted by atomic mass is 35.5. The summed E-state index contributed by atoms with van der Waals surface area (Å²) >= 11 is 12.2. The van der Waals surface area contributed by atoms with Gasteiger partial charge in [-0.05, 0) is 30.5 Å². The van der Waals surface area contributed by atoms with Crippen LogP contribution in [0.3, 0.4) is 0 Å². The van der Waals surface area contributed by atoms with E-state index in [1.807, 2.05) is 18.2 Å². The summed E-state index contributed by atoms with van der Waals surface area (Å²) in [6.07, 6.45) is 7.63. The molecule has 0 saturated heterocycles. The SMILES string of the molecule is NC1=NCC(c2ccc(Cl)c(Cl)c2)N1C1CCCCCC1. The summed E-state index contributed by atoms with van der Waals surface area (Å²) in [5.41, 5.74) is 7.32. The van der Waals surface area contributed by atoms with Crippen molar-refractivity contribution in [1.29, 1.82) is 0 Å². The van der Waals surface area contributed by atoms with Crippen LogP contribution >= 0.6 is 23.2 Å². The molecule has 3 rings (SSSR count). The lowest BCUT2D eigenvalue weighted by molar-refractivity contribution is 0.237. The van der Waals surface area contributed by atoms with Gasteiger partial charge in [0.25, 0.3) is 0 Å². The zero-order chi connectivity index (χ0) is 14.8. The van der Waals surface area contributed by atoms with Crippen molar-refractivity contribution in [2.24, 2.45) is 10.7 Å². The number of nitrogens with zero attached hydrogens (tertiary/aromatic N) is 2. The molecular formula is C16H21Cl2N3. The lowest BCUT2D eigenvalue weighted by Gasteiger charge is -2.34. The van der Waals surface area contributed by atoms with Gasteiger partial charge in [0.05, 0.1) is 22.6 Å². The Balaban J connectivity index is 1.85. The first-order chi connectivity index (χ1) is 10.2. The average Bonchev–Trinajstić information content (AvgIpc) is 2.69. The van der Waals surface area contributed by atoms with Gasteiger partial charge in [0.1, 0.15) is 0 Å². The Morgan fingerprint density at radius 3 is 2.43 bits per heavy atom. The summed E-state index contributed by atoms with van der Waals surface area (Å²) in [6, 6.07) is 6.54. The molecule has 1 aromatic rings. The van der Waals surface area contributed by atoms with E-state index in [1.165, 1.54) is 38.5 Å². The number of halogens is 2. The molecule has 5 heteroatoms. The number of benzene rings is 1. The first-order valence-corrected chi connectivity index (χ1v) is 8.45. The van der Waals surface area contributed by atoms with Gasteiger partial charge < -0.3 is 10.6 Å². The van der Waals surface area contributed by atoms with Crippen LogP contribution in [0, 0.1) is 0 Å². The summed E-state index contributed by atoms with van der Waals surface area (Å²) in [6.45, 7) is 0.709. The van der Waals surface area contributed by atoms with Crippen LogP contribution in [0.5, 0.6) is 0 Å². The number of guanidine groups is 1. The van der Waals surface area contributed by atoms with Crippen LogP contribution in [0.4, 0.5) is 0 Å². The second kappa shape index (κ2) is 6.45. The Morgan fingerprint density at radius 2 is 1.76 bits per heavy atom. The Bertz CT molecular complexity index is 536. The predicted molar refractivity (Wildman–Crippen MR) is 89.0 cm³/mol. The van der Waals surface area contributed by atoms with E-state index in [0.29, 0.717) is 28.6 Å². The molecule has 1 aromatic carbocycles. The molecule has 0 aromatic heterocycles. The molecule has 1 fully saturated rings. The van der Waals surface area contributed by atoms with Gasteiger partial charge >= 0.3 is 0 Å². The molecule has 1 atom stereocenters. The second-order valence-electron chi connectivity index (χ2n) is 5.94. The average molecular weight is 326 g/mol. The van der Waals surface area contributed by atoms with Gasteiger partial charge in [-0.1, -0.05) is 55.0 Å². The van der Waals surface area contributed by atoms with Crippen molar-refractivity contribution in [1.82, 2.24) is 4.90 Å². The molecule has 1 aliphatic carbocycles. The van der Waals surface area contributed by atoms with Crippen LogP contribution < -0.4 is 5.73 Å². The summed E-state index contributed by atoms with van der Waals surface area (Å²) in [5, 5.41) is 1.19. The van der Waals surface area contributed by atoms with E-state index in [4.69, 9.17) is 28.9 Å². The third kappa shape index (κ3) is 3.14. The second-order valence-corrected chi connectivity index (χ2v) is 6.76. The van der Waals surface area contributed by atoms with E-state index in [2.05, 4.69) is 9.89 Å². The summed E-state index contributed by atoms with van der Waals surface area (Å²) in [4.78, 5) is 6.79. The van der Waals surface area contributed by atoms with E-state index < -0.39 is 0 Å². The first kappa shape index (κ1) is 15.0. The van der Waals surface area contributed by atoms with Crippen LogP contribution in [0.1, 0.15) is 50.1 Å². The van der Waals surface area contributed by atoms with Gasteiger partial charge in [0, 0.05) is 6.04 Å². The van der Waals surface area contributed by atoms with Gasteiger partial charge in [-0.15, -0.1) is 0 Å². The Labute approximate surface area is 136 Å². The van der Waals surface area contributed by atoms with E-state index in [0.717, 1.165) is 5.56 Å². The Kier molecular flexibility index (Phi) is 4.60. The van der Waals surface area contributed by atoms with Gasteiger partial charge in [-0.3, -0.25) is 4.99 Å². The number of rotatable bonds is 2. The molecule has 1 aliphatic heterocycles. The summed E-state index contributed by atoms with van der Waals surface area (Å²) < 4.78 is 0. The van der Waals surface area contributed by atoms with Crippen LogP contribution in [-0.4, -0.2) is 23.4 Å². The molecule has 1 saturated carbocycles. The molecule has 1 unspecified atom stereocenters. The summed E-state index contributed by atoms with van der Waals surface area (Å²) in [7, 11) is 0. The minimum absolute atomic E-state index is 0.197. The zero-order valence-electron chi connectivity index (χ0n) is 12.1. The minimum Gasteiger partial charge on any atom is -0.370 e. The standard InChI is InChI=1S/C16H21Cl2N3/c17-13-8-7-11(9-14(13)18)15-10-20-16(19)21(15)12-5-3-1-2-4-6-12/h7-9,12,15H,1-6,10H2,(H2,19,20). The van der Waals surface area contributed by atoms with E-state index in [-0.39, 0.29) is 6.04 Å². The first-order valence-electron chi connectivity index (χ1n) is 7.70. The van der Waals surface area contributed by atoms with Gasteiger partial charge in [0.15, 0.2) is 5.96 Å². The fourth-order valence-electron chi connectivity index (χ4n) is 3.47. The predicted octanol–water partition coefficient (Wildman–Crippen LogP) is 4.39. The highest BCUT2D eigenvalue weighted by molar-refractivity contribution is 6.42. The monoisotopic (exact) mass is 325 g/mol. The van der Waals surface area contributed by atoms with Crippen LogP contribution in [-0.2, 0) is 0 Å². The number of hydrogen-bond acceptors (Lipinski definition) is 3. The smallest absolute Gasteiger partial charge is 0.192 e. The molecule has 0 spiro atoms. The molecule has 0 bridgehead atoms. The molecule has 114 valence electrons. The van der Waals surface area contributed by atoms with Crippen molar-refractivity contribution in [3.05, 3.63) is 33.8 Å². The van der Waals surface area contributed by atoms with E-state index in [1.54, 1.807) is 0 Å². The molecule has 2 N–H and O–H groups in total. The van der Waals surface area contributed by atoms with Crippen LogP contribution in [0.25, 0.3) is 0 Å². The fourth-order valence-corrected chi connectivity index (χ4v) is 3.78. The largest absolute Gasteiger partial charge is 0.370 e. The summed E-state index contributed by atoms with van der Waals surface area (Å²) in [5.74, 6) is 0.679. The molecule has 2 aliphatic rings. The number of nitrogens with two attached hydrogens (primary N) is 1. The topological polar surface area (TPSA) is 41.6 Å². The maximum Gasteiger partial charge on any atom is 0.192 e. The number of aliphatic imine (C=N–C) groups is 1. The third-order valence-corrected chi connectivity index (χ3v) is 5.31. The molecule has 0 amide bonds. The Morgan fingerprint density at radius 1 is 1.05 bits per heavy atom.